The fourth-order valence-corrected chi connectivity index (χ4v) is 4.16. The summed E-state index contributed by atoms with van der Waals surface area (Å²) in [6, 6.07) is 6.60. The number of carbonyl (C=O) groups excluding carboxylic acids is 1. The Morgan fingerprint density at radius 3 is 2.78 bits per heavy atom. The molecule has 1 unspecified atom stereocenters. The molecule has 122 valence electrons. The summed E-state index contributed by atoms with van der Waals surface area (Å²) in [6.45, 7) is 4.85. The summed E-state index contributed by atoms with van der Waals surface area (Å²) in [5.74, 6) is -0.169. The maximum atomic E-state index is 13.1. The van der Waals surface area contributed by atoms with Gasteiger partial charge in [-0.15, -0.1) is 11.3 Å². The van der Waals surface area contributed by atoms with Gasteiger partial charge in [0, 0.05) is 18.2 Å². The third-order valence-corrected chi connectivity index (χ3v) is 5.64. The van der Waals surface area contributed by atoms with Crippen LogP contribution in [0.4, 0.5) is 4.39 Å². The number of hydrogen-bond donors (Lipinski definition) is 0. The smallest absolute Gasteiger partial charge is 0.266 e. The van der Waals surface area contributed by atoms with Crippen LogP contribution in [0.1, 0.15) is 48.0 Å². The molecule has 0 radical (unpaired) electrons. The lowest BCUT2D eigenvalue weighted by Crippen LogP contribution is -2.43. The molecule has 1 aromatic carbocycles. The van der Waals surface area contributed by atoms with E-state index in [1.165, 1.54) is 29.9 Å². The fraction of sp³-hybridized carbons (Fsp3) is 0.444. The third kappa shape index (κ3) is 3.29. The van der Waals surface area contributed by atoms with E-state index in [1.807, 2.05) is 11.8 Å². The Bertz CT molecular complexity index is 696. The predicted molar refractivity (Wildman–Crippen MR) is 91.2 cm³/mol. The first kappa shape index (κ1) is 16.1. The van der Waals surface area contributed by atoms with E-state index in [0.717, 1.165) is 42.1 Å². The van der Waals surface area contributed by atoms with Crippen molar-refractivity contribution in [3.8, 4) is 10.6 Å². The molecule has 1 saturated heterocycles. The number of hydrogen-bond acceptors (Lipinski definition) is 3. The van der Waals surface area contributed by atoms with Crippen molar-refractivity contribution < 1.29 is 9.18 Å². The standard InChI is InChI=1S/C18H21FN2OS/c1-3-15-6-4-5-11-21(15)18(22)16-12(2)20-17(23-16)13-7-9-14(19)10-8-13/h7-10,15H,3-6,11H2,1-2H3. The SMILES string of the molecule is CCC1CCCCN1C(=O)c1sc(-c2ccc(F)cc2)nc1C. The number of carbonyl (C=O) groups is 1. The van der Waals surface area contributed by atoms with E-state index in [4.69, 9.17) is 0 Å². The van der Waals surface area contributed by atoms with Gasteiger partial charge in [-0.1, -0.05) is 6.92 Å². The van der Waals surface area contributed by atoms with Gasteiger partial charge in [0.2, 0.25) is 0 Å². The van der Waals surface area contributed by atoms with Crippen LogP contribution >= 0.6 is 11.3 Å². The molecule has 5 heteroatoms. The minimum atomic E-state index is -0.266. The van der Waals surface area contributed by atoms with E-state index in [-0.39, 0.29) is 11.7 Å². The second-order valence-corrected chi connectivity index (χ2v) is 7.00. The number of aromatic nitrogens is 1. The van der Waals surface area contributed by atoms with Crippen molar-refractivity contribution >= 4 is 17.2 Å². The highest BCUT2D eigenvalue weighted by Gasteiger charge is 2.28. The van der Waals surface area contributed by atoms with Gasteiger partial charge >= 0.3 is 0 Å². The van der Waals surface area contributed by atoms with Gasteiger partial charge in [-0.2, -0.15) is 0 Å². The van der Waals surface area contributed by atoms with Gasteiger partial charge in [-0.25, -0.2) is 9.37 Å². The summed E-state index contributed by atoms with van der Waals surface area (Å²) >= 11 is 1.41. The highest BCUT2D eigenvalue weighted by Crippen LogP contribution is 2.31. The molecule has 3 nitrogen and oxygen atoms in total. The molecule has 0 spiro atoms. The summed E-state index contributed by atoms with van der Waals surface area (Å²) in [6.07, 6.45) is 4.36. The Kier molecular flexibility index (Phi) is 4.76. The quantitative estimate of drug-likeness (QED) is 0.819. The van der Waals surface area contributed by atoms with Gasteiger partial charge in [0.15, 0.2) is 0 Å². The van der Waals surface area contributed by atoms with Crippen molar-refractivity contribution in [3.63, 3.8) is 0 Å². The Morgan fingerprint density at radius 2 is 2.09 bits per heavy atom. The number of likely N-dealkylation sites (tertiary alicyclic amines) is 1. The van der Waals surface area contributed by atoms with Crippen molar-refractivity contribution in [1.82, 2.24) is 9.88 Å². The van der Waals surface area contributed by atoms with Crippen LogP contribution in [0.5, 0.6) is 0 Å². The average Bonchev–Trinajstić information content (AvgIpc) is 2.96. The number of piperidine rings is 1. The second kappa shape index (κ2) is 6.79. The second-order valence-electron chi connectivity index (χ2n) is 6.00. The lowest BCUT2D eigenvalue weighted by molar-refractivity contribution is 0.0612. The van der Waals surface area contributed by atoms with Gasteiger partial charge < -0.3 is 4.90 Å². The molecule has 1 aromatic heterocycles. The molecule has 0 N–H and O–H groups in total. The summed E-state index contributed by atoms with van der Waals surface area (Å²) in [4.78, 5) is 20.2. The van der Waals surface area contributed by atoms with E-state index in [0.29, 0.717) is 10.9 Å². The van der Waals surface area contributed by atoms with E-state index in [9.17, 15) is 9.18 Å². The molecule has 1 atom stereocenters. The van der Waals surface area contributed by atoms with Crippen molar-refractivity contribution in [2.24, 2.45) is 0 Å². The number of thiazole rings is 1. The predicted octanol–water partition coefficient (Wildman–Crippen LogP) is 4.66. The number of benzene rings is 1. The van der Waals surface area contributed by atoms with Crippen LogP contribution in [0.15, 0.2) is 24.3 Å². The summed E-state index contributed by atoms with van der Waals surface area (Å²) < 4.78 is 13.1. The largest absolute Gasteiger partial charge is 0.335 e. The molecule has 1 fully saturated rings. The molecule has 2 heterocycles. The lowest BCUT2D eigenvalue weighted by Gasteiger charge is -2.35. The zero-order valence-corrected chi connectivity index (χ0v) is 14.3. The van der Waals surface area contributed by atoms with Crippen molar-refractivity contribution in [2.45, 2.75) is 45.6 Å². The molecule has 3 rings (SSSR count). The Morgan fingerprint density at radius 1 is 1.35 bits per heavy atom. The molecule has 1 amide bonds. The van der Waals surface area contributed by atoms with Crippen LogP contribution in [0.2, 0.25) is 0 Å². The maximum Gasteiger partial charge on any atom is 0.266 e. The van der Waals surface area contributed by atoms with Crippen molar-refractivity contribution in [1.29, 1.82) is 0 Å². The third-order valence-electron chi connectivity index (χ3n) is 4.44. The van der Waals surface area contributed by atoms with E-state index >= 15 is 0 Å². The molecule has 0 bridgehead atoms. The Balaban J connectivity index is 1.88. The summed E-state index contributed by atoms with van der Waals surface area (Å²) in [5, 5.41) is 0.774. The van der Waals surface area contributed by atoms with Crippen molar-refractivity contribution in [3.05, 3.63) is 40.7 Å². The number of amides is 1. The van der Waals surface area contributed by atoms with Gasteiger partial charge in [-0.05, 0) is 56.9 Å². The molecule has 0 saturated carbocycles. The van der Waals surface area contributed by atoms with E-state index in [1.54, 1.807) is 12.1 Å². The van der Waals surface area contributed by atoms with Gasteiger partial charge in [-0.3, -0.25) is 4.79 Å². The number of halogens is 1. The Labute approximate surface area is 140 Å². The lowest BCUT2D eigenvalue weighted by atomic mass is 10.00. The zero-order chi connectivity index (χ0) is 16.4. The zero-order valence-electron chi connectivity index (χ0n) is 13.5. The monoisotopic (exact) mass is 332 g/mol. The highest BCUT2D eigenvalue weighted by atomic mass is 32.1. The minimum Gasteiger partial charge on any atom is -0.335 e. The molecular weight excluding hydrogens is 311 g/mol. The van der Waals surface area contributed by atoms with E-state index in [2.05, 4.69) is 11.9 Å². The number of aryl methyl sites for hydroxylation is 1. The topological polar surface area (TPSA) is 33.2 Å². The fourth-order valence-electron chi connectivity index (χ4n) is 3.13. The normalized spacial score (nSPS) is 18.2. The maximum absolute atomic E-state index is 13.1. The molecule has 1 aliphatic rings. The first-order valence-corrected chi connectivity index (χ1v) is 8.96. The van der Waals surface area contributed by atoms with Crippen molar-refractivity contribution in [2.75, 3.05) is 6.54 Å². The van der Waals surface area contributed by atoms with Crippen LogP contribution in [0.25, 0.3) is 10.6 Å². The average molecular weight is 332 g/mol. The Hall–Kier alpha value is -1.75. The molecule has 23 heavy (non-hydrogen) atoms. The van der Waals surface area contributed by atoms with Gasteiger partial charge in [0.25, 0.3) is 5.91 Å². The molecular formula is C18H21FN2OS. The number of rotatable bonds is 3. The van der Waals surface area contributed by atoms with Crippen LogP contribution in [-0.4, -0.2) is 28.4 Å². The van der Waals surface area contributed by atoms with Crippen LogP contribution < -0.4 is 0 Å². The number of nitrogens with zero attached hydrogens (tertiary/aromatic N) is 2. The molecule has 2 aromatic rings. The minimum absolute atomic E-state index is 0.0971. The summed E-state index contributed by atoms with van der Waals surface area (Å²) in [5.41, 5.74) is 1.61. The molecule has 0 aliphatic carbocycles. The first-order chi connectivity index (χ1) is 11.1. The highest BCUT2D eigenvalue weighted by molar-refractivity contribution is 7.17. The van der Waals surface area contributed by atoms with E-state index < -0.39 is 0 Å². The van der Waals surface area contributed by atoms with Crippen LogP contribution in [-0.2, 0) is 0 Å². The van der Waals surface area contributed by atoms with Gasteiger partial charge in [0.05, 0.1) is 5.69 Å². The van der Waals surface area contributed by atoms with Crippen LogP contribution in [0, 0.1) is 12.7 Å². The van der Waals surface area contributed by atoms with Gasteiger partial charge in [0.1, 0.15) is 15.7 Å². The summed E-state index contributed by atoms with van der Waals surface area (Å²) in [7, 11) is 0. The molecule has 1 aliphatic heterocycles. The first-order valence-electron chi connectivity index (χ1n) is 8.14. The van der Waals surface area contributed by atoms with Crippen LogP contribution in [0.3, 0.4) is 0 Å².